The minimum atomic E-state index is -0.466. The molecule has 0 atom stereocenters. The fourth-order valence-electron chi connectivity index (χ4n) is 2.00. The van der Waals surface area contributed by atoms with Gasteiger partial charge in [-0.1, -0.05) is 38.1 Å². The highest BCUT2D eigenvalue weighted by molar-refractivity contribution is 5.55. The van der Waals surface area contributed by atoms with Crippen LogP contribution in [0.1, 0.15) is 37.3 Å². The van der Waals surface area contributed by atoms with E-state index in [1.54, 1.807) is 26.5 Å². The van der Waals surface area contributed by atoms with Crippen molar-refractivity contribution in [1.82, 2.24) is 9.97 Å². The molecule has 4 heteroatoms. The van der Waals surface area contributed by atoms with Crippen molar-refractivity contribution in [1.29, 1.82) is 0 Å². The summed E-state index contributed by atoms with van der Waals surface area (Å²) in [4.78, 5) is 8.81. The zero-order chi connectivity index (χ0) is 14.5. The van der Waals surface area contributed by atoms with Crippen molar-refractivity contribution < 1.29 is 9.47 Å². The molecule has 0 saturated heterocycles. The summed E-state index contributed by atoms with van der Waals surface area (Å²) in [5.74, 6) is 1.19. The molecule has 0 saturated carbocycles. The standard InChI is InChI=1S/C16H20N2O2/c1-11(2)12-5-7-13(8-6-12)15-17-10-9-14(18-15)16(19-3)20-4/h5-11,16H,1-4H3. The molecule has 4 nitrogen and oxygen atoms in total. The van der Waals surface area contributed by atoms with Crippen LogP contribution < -0.4 is 0 Å². The molecule has 0 fully saturated rings. The number of ether oxygens (including phenoxy) is 2. The first-order valence-corrected chi connectivity index (χ1v) is 6.64. The zero-order valence-electron chi connectivity index (χ0n) is 12.3. The predicted molar refractivity (Wildman–Crippen MR) is 78.3 cm³/mol. The molecule has 1 aromatic carbocycles. The quantitative estimate of drug-likeness (QED) is 0.781. The fourth-order valence-corrected chi connectivity index (χ4v) is 2.00. The van der Waals surface area contributed by atoms with Crippen LogP contribution in [-0.2, 0) is 9.47 Å². The van der Waals surface area contributed by atoms with Crippen LogP contribution in [0.5, 0.6) is 0 Å². The van der Waals surface area contributed by atoms with E-state index in [1.807, 2.05) is 12.1 Å². The summed E-state index contributed by atoms with van der Waals surface area (Å²) in [6.45, 7) is 4.35. The molecule has 1 heterocycles. The lowest BCUT2D eigenvalue weighted by Gasteiger charge is -2.13. The molecular weight excluding hydrogens is 252 g/mol. The van der Waals surface area contributed by atoms with Crippen LogP contribution in [0.15, 0.2) is 36.5 Å². The van der Waals surface area contributed by atoms with Gasteiger partial charge in [-0.05, 0) is 17.5 Å². The van der Waals surface area contributed by atoms with E-state index in [2.05, 4.69) is 35.9 Å². The fraction of sp³-hybridized carbons (Fsp3) is 0.375. The van der Waals surface area contributed by atoms with Crippen molar-refractivity contribution in [2.24, 2.45) is 0 Å². The van der Waals surface area contributed by atoms with E-state index in [0.717, 1.165) is 5.56 Å². The van der Waals surface area contributed by atoms with E-state index in [4.69, 9.17) is 9.47 Å². The third kappa shape index (κ3) is 3.21. The number of methoxy groups -OCH3 is 2. The smallest absolute Gasteiger partial charge is 0.200 e. The molecule has 0 spiro atoms. The van der Waals surface area contributed by atoms with E-state index in [-0.39, 0.29) is 0 Å². The van der Waals surface area contributed by atoms with Crippen LogP contribution >= 0.6 is 0 Å². The maximum atomic E-state index is 5.21. The third-order valence-corrected chi connectivity index (χ3v) is 3.18. The van der Waals surface area contributed by atoms with Crippen LogP contribution in [0.3, 0.4) is 0 Å². The SMILES string of the molecule is COC(OC)c1ccnc(-c2ccc(C(C)C)cc2)n1. The van der Waals surface area contributed by atoms with Gasteiger partial charge in [-0.25, -0.2) is 9.97 Å². The molecule has 1 aromatic heterocycles. The maximum Gasteiger partial charge on any atom is 0.200 e. The Kier molecular flexibility index (Phi) is 4.82. The van der Waals surface area contributed by atoms with Crippen LogP contribution in [0.2, 0.25) is 0 Å². The van der Waals surface area contributed by atoms with Gasteiger partial charge in [0, 0.05) is 26.0 Å². The number of hydrogen-bond donors (Lipinski definition) is 0. The average molecular weight is 272 g/mol. The molecule has 0 aliphatic carbocycles. The van der Waals surface area contributed by atoms with E-state index >= 15 is 0 Å². The van der Waals surface area contributed by atoms with Crippen LogP contribution in [0.4, 0.5) is 0 Å². The van der Waals surface area contributed by atoms with E-state index in [9.17, 15) is 0 Å². The van der Waals surface area contributed by atoms with Crippen molar-refractivity contribution in [3.8, 4) is 11.4 Å². The second-order valence-electron chi connectivity index (χ2n) is 4.89. The van der Waals surface area contributed by atoms with Crippen molar-refractivity contribution in [3.63, 3.8) is 0 Å². The third-order valence-electron chi connectivity index (χ3n) is 3.18. The Hall–Kier alpha value is -1.78. The van der Waals surface area contributed by atoms with Gasteiger partial charge in [0.25, 0.3) is 0 Å². The molecular formula is C16H20N2O2. The van der Waals surface area contributed by atoms with Gasteiger partial charge in [-0.2, -0.15) is 0 Å². The topological polar surface area (TPSA) is 44.2 Å². The molecule has 0 aliphatic heterocycles. The first-order chi connectivity index (χ1) is 9.65. The van der Waals surface area contributed by atoms with Gasteiger partial charge in [-0.15, -0.1) is 0 Å². The number of benzene rings is 1. The Balaban J connectivity index is 2.30. The molecule has 0 bridgehead atoms. The Bertz CT molecular complexity index is 549. The summed E-state index contributed by atoms with van der Waals surface area (Å²) >= 11 is 0. The Morgan fingerprint density at radius 2 is 1.60 bits per heavy atom. The lowest BCUT2D eigenvalue weighted by Crippen LogP contribution is -2.07. The molecule has 20 heavy (non-hydrogen) atoms. The van der Waals surface area contributed by atoms with Gasteiger partial charge in [0.1, 0.15) is 5.69 Å². The molecule has 0 aliphatic rings. The number of rotatable bonds is 5. The molecule has 0 amide bonds. The number of nitrogens with zero attached hydrogens (tertiary/aromatic N) is 2. The molecule has 0 unspecified atom stereocenters. The summed E-state index contributed by atoms with van der Waals surface area (Å²) in [5.41, 5.74) is 3.01. The molecule has 0 N–H and O–H groups in total. The van der Waals surface area contributed by atoms with Crippen molar-refractivity contribution in [2.75, 3.05) is 14.2 Å². The zero-order valence-corrected chi connectivity index (χ0v) is 12.3. The van der Waals surface area contributed by atoms with Crippen molar-refractivity contribution in [3.05, 3.63) is 47.8 Å². The molecule has 2 aromatic rings. The summed E-state index contributed by atoms with van der Waals surface area (Å²) in [6, 6.07) is 10.1. The minimum Gasteiger partial charge on any atom is -0.350 e. The largest absolute Gasteiger partial charge is 0.350 e. The van der Waals surface area contributed by atoms with Gasteiger partial charge in [-0.3, -0.25) is 0 Å². The summed E-state index contributed by atoms with van der Waals surface area (Å²) in [5, 5.41) is 0. The van der Waals surface area contributed by atoms with Crippen molar-refractivity contribution >= 4 is 0 Å². The van der Waals surface area contributed by atoms with E-state index in [0.29, 0.717) is 17.4 Å². The maximum absolute atomic E-state index is 5.21. The Morgan fingerprint density at radius 1 is 0.950 bits per heavy atom. The second kappa shape index (κ2) is 6.59. The van der Waals surface area contributed by atoms with E-state index < -0.39 is 6.29 Å². The summed E-state index contributed by atoms with van der Waals surface area (Å²) in [7, 11) is 3.18. The number of hydrogen-bond acceptors (Lipinski definition) is 4. The van der Waals surface area contributed by atoms with Crippen LogP contribution in [0, 0.1) is 0 Å². The normalized spacial score (nSPS) is 11.3. The second-order valence-corrected chi connectivity index (χ2v) is 4.89. The first-order valence-electron chi connectivity index (χ1n) is 6.64. The predicted octanol–water partition coefficient (Wildman–Crippen LogP) is 3.56. The summed E-state index contributed by atoms with van der Waals surface area (Å²) in [6.07, 6.45) is 1.26. The molecule has 106 valence electrons. The van der Waals surface area contributed by atoms with Gasteiger partial charge in [0.2, 0.25) is 6.29 Å². The Morgan fingerprint density at radius 3 is 2.15 bits per heavy atom. The average Bonchev–Trinajstić information content (AvgIpc) is 2.49. The minimum absolute atomic E-state index is 0.466. The Labute approximate surface area is 119 Å². The highest BCUT2D eigenvalue weighted by atomic mass is 16.7. The molecule has 0 radical (unpaired) electrons. The van der Waals surface area contributed by atoms with Crippen LogP contribution in [0.25, 0.3) is 11.4 Å². The molecule has 2 rings (SSSR count). The van der Waals surface area contributed by atoms with Gasteiger partial charge in [0.05, 0.1) is 0 Å². The first kappa shape index (κ1) is 14.6. The van der Waals surface area contributed by atoms with Gasteiger partial charge < -0.3 is 9.47 Å². The summed E-state index contributed by atoms with van der Waals surface area (Å²) < 4.78 is 10.4. The van der Waals surface area contributed by atoms with E-state index in [1.165, 1.54) is 5.56 Å². The monoisotopic (exact) mass is 272 g/mol. The lowest BCUT2D eigenvalue weighted by molar-refractivity contribution is -0.108. The van der Waals surface area contributed by atoms with Crippen molar-refractivity contribution in [2.45, 2.75) is 26.1 Å². The van der Waals surface area contributed by atoms with Gasteiger partial charge >= 0.3 is 0 Å². The highest BCUT2D eigenvalue weighted by Crippen LogP contribution is 2.22. The number of aromatic nitrogens is 2. The highest BCUT2D eigenvalue weighted by Gasteiger charge is 2.12. The lowest BCUT2D eigenvalue weighted by atomic mass is 10.0. The van der Waals surface area contributed by atoms with Gasteiger partial charge in [0.15, 0.2) is 5.82 Å². The van der Waals surface area contributed by atoms with Crippen LogP contribution in [-0.4, -0.2) is 24.2 Å².